The van der Waals surface area contributed by atoms with Gasteiger partial charge in [0.25, 0.3) is 0 Å². The summed E-state index contributed by atoms with van der Waals surface area (Å²) in [5.74, 6) is -0.948. The molecule has 0 fully saturated rings. The van der Waals surface area contributed by atoms with Crippen molar-refractivity contribution in [3.8, 4) is 0 Å². The highest BCUT2D eigenvalue weighted by Gasteiger charge is 2.15. The fourth-order valence-corrected chi connectivity index (χ4v) is 1.75. The topological polar surface area (TPSA) is 66.4 Å². The number of carbonyl (C=O) groups is 2. The van der Waals surface area contributed by atoms with Gasteiger partial charge in [0.1, 0.15) is 0 Å². The van der Waals surface area contributed by atoms with Gasteiger partial charge in [0, 0.05) is 4.47 Å². The molecule has 0 radical (unpaired) electrons. The highest BCUT2D eigenvalue weighted by molar-refractivity contribution is 9.10. The monoisotopic (exact) mass is 285 g/mol. The van der Waals surface area contributed by atoms with Crippen LogP contribution in [0.5, 0.6) is 0 Å². The van der Waals surface area contributed by atoms with Gasteiger partial charge in [-0.2, -0.15) is 0 Å². The normalized spacial score (nSPS) is 11.9. The first-order valence-corrected chi connectivity index (χ1v) is 5.51. The number of nitrogens with one attached hydrogen (secondary N) is 1. The minimum atomic E-state index is -0.948. The molecule has 0 bridgehead atoms. The number of hydrogen-bond acceptors (Lipinski definition) is 2. The van der Waals surface area contributed by atoms with Gasteiger partial charge in [0.15, 0.2) is 0 Å². The Morgan fingerprint density at radius 3 is 2.81 bits per heavy atom. The van der Waals surface area contributed by atoms with Gasteiger partial charge in [-0.1, -0.05) is 28.1 Å². The summed E-state index contributed by atoms with van der Waals surface area (Å²) in [5, 5.41) is 11.2. The number of aliphatic carboxylic acids is 1. The van der Waals surface area contributed by atoms with Crippen LogP contribution in [0, 0.1) is 6.92 Å². The van der Waals surface area contributed by atoms with Gasteiger partial charge in [-0.05, 0) is 24.1 Å². The molecule has 1 unspecified atom stereocenters. The average molecular weight is 286 g/mol. The molecular formula is C11H12BrNO3. The molecule has 0 aliphatic heterocycles. The predicted molar refractivity (Wildman–Crippen MR) is 63.1 cm³/mol. The van der Waals surface area contributed by atoms with Crippen LogP contribution in [0.15, 0.2) is 22.7 Å². The number of aryl methyl sites for hydroxylation is 1. The van der Waals surface area contributed by atoms with Crippen molar-refractivity contribution in [1.82, 2.24) is 5.32 Å². The molecule has 0 aliphatic rings. The minimum absolute atomic E-state index is 0.131. The largest absolute Gasteiger partial charge is 0.481 e. The Balaban J connectivity index is 2.95. The number of halogens is 1. The summed E-state index contributed by atoms with van der Waals surface area (Å²) in [4.78, 5) is 21.0. The molecule has 1 aromatic carbocycles. The third-order valence-electron chi connectivity index (χ3n) is 2.25. The van der Waals surface area contributed by atoms with Crippen LogP contribution < -0.4 is 5.32 Å². The maximum Gasteiger partial charge on any atom is 0.305 e. The number of rotatable bonds is 5. The zero-order valence-electron chi connectivity index (χ0n) is 8.74. The van der Waals surface area contributed by atoms with Crippen molar-refractivity contribution < 1.29 is 14.7 Å². The quantitative estimate of drug-likeness (QED) is 0.814. The number of benzene rings is 1. The van der Waals surface area contributed by atoms with Gasteiger partial charge in [0.2, 0.25) is 6.41 Å². The molecule has 0 heterocycles. The molecule has 0 saturated carbocycles. The summed E-state index contributed by atoms with van der Waals surface area (Å²) in [7, 11) is 0. The molecular weight excluding hydrogens is 274 g/mol. The first-order chi connectivity index (χ1) is 7.54. The second-order valence-electron chi connectivity index (χ2n) is 3.44. The van der Waals surface area contributed by atoms with E-state index in [1.165, 1.54) is 0 Å². The van der Waals surface area contributed by atoms with E-state index < -0.39 is 12.0 Å². The third kappa shape index (κ3) is 3.34. The first kappa shape index (κ1) is 12.7. The molecule has 0 aliphatic carbocycles. The zero-order chi connectivity index (χ0) is 12.1. The van der Waals surface area contributed by atoms with Crippen LogP contribution in [-0.2, 0) is 9.59 Å². The van der Waals surface area contributed by atoms with E-state index in [9.17, 15) is 9.59 Å². The third-order valence-corrected chi connectivity index (χ3v) is 3.10. The van der Waals surface area contributed by atoms with Gasteiger partial charge in [0.05, 0.1) is 12.5 Å². The fourth-order valence-electron chi connectivity index (χ4n) is 1.36. The number of carboxylic acids is 1. The van der Waals surface area contributed by atoms with Crippen molar-refractivity contribution in [1.29, 1.82) is 0 Å². The van der Waals surface area contributed by atoms with Crippen LogP contribution in [0.3, 0.4) is 0 Å². The Morgan fingerprint density at radius 1 is 1.62 bits per heavy atom. The minimum Gasteiger partial charge on any atom is -0.481 e. The van der Waals surface area contributed by atoms with E-state index in [-0.39, 0.29) is 6.42 Å². The van der Waals surface area contributed by atoms with Crippen molar-refractivity contribution in [2.24, 2.45) is 0 Å². The van der Waals surface area contributed by atoms with E-state index in [1.807, 2.05) is 25.1 Å². The summed E-state index contributed by atoms with van der Waals surface area (Å²) >= 11 is 3.37. The van der Waals surface area contributed by atoms with E-state index in [2.05, 4.69) is 21.2 Å². The van der Waals surface area contributed by atoms with Crippen LogP contribution in [0.4, 0.5) is 0 Å². The van der Waals surface area contributed by atoms with Crippen molar-refractivity contribution in [3.63, 3.8) is 0 Å². The predicted octanol–water partition coefficient (Wildman–Crippen LogP) is 2.02. The lowest BCUT2D eigenvalue weighted by atomic mass is 10.0. The Bertz CT molecular complexity index is 406. The lowest BCUT2D eigenvalue weighted by Gasteiger charge is -2.15. The number of carbonyl (C=O) groups excluding carboxylic acids is 1. The molecule has 0 saturated heterocycles. The Labute approximate surface area is 102 Å². The average Bonchev–Trinajstić information content (AvgIpc) is 2.21. The summed E-state index contributed by atoms with van der Waals surface area (Å²) in [6, 6.07) is 5.01. The smallest absolute Gasteiger partial charge is 0.305 e. The molecule has 1 amide bonds. The molecule has 1 aromatic rings. The highest BCUT2D eigenvalue weighted by atomic mass is 79.9. The Kier molecular flexibility index (Phi) is 4.49. The van der Waals surface area contributed by atoms with Crippen LogP contribution in [-0.4, -0.2) is 17.5 Å². The molecule has 1 rings (SSSR count). The van der Waals surface area contributed by atoms with Gasteiger partial charge >= 0.3 is 5.97 Å². The van der Waals surface area contributed by atoms with Crippen LogP contribution in [0.25, 0.3) is 0 Å². The van der Waals surface area contributed by atoms with Crippen molar-refractivity contribution in [2.75, 3.05) is 0 Å². The van der Waals surface area contributed by atoms with Gasteiger partial charge in [-0.25, -0.2) is 0 Å². The van der Waals surface area contributed by atoms with Crippen molar-refractivity contribution >= 4 is 28.3 Å². The molecule has 2 N–H and O–H groups in total. The molecule has 86 valence electrons. The Morgan fingerprint density at radius 2 is 2.31 bits per heavy atom. The van der Waals surface area contributed by atoms with Gasteiger partial charge < -0.3 is 10.4 Å². The van der Waals surface area contributed by atoms with Crippen LogP contribution in [0.2, 0.25) is 0 Å². The number of amides is 1. The number of hydrogen-bond donors (Lipinski definition) is 2. The summed E-state index contributed by atoms with van der Waals surface area (Å²) in [5.41, 5.74) is 1.83. The van der Waals surface area contributed by atoms with Gasteiger partial charge in [-0.3, -0.25) is 9.59 Å². The maximum absolute atomic E-state index is 10.6. The lowest BCUT2D eigenvalue weighted by Crippen LogP contribution is -2.22. The van der Waals surface area contributed by atoms with Crippen molar-refractivity contribution in [3.05, 3.63) is 33.8 Å². The van der Waals surface area contributed by atoms with Crippen LogP contribution >= 0.6 is 15.9 Å². The van der Waals surface area contributed by atoms with E-state index >= 15 is 0 Å². The molecule has 0 spiro atoms. The molecule has 4 nitrogen and oxygen atoms in total. The summed E-state index contributed by atoms with van der Waals surface area (Å²) in [6.45, 7) is 1.94. The molecule has 5 heteroatoms. The van der Waals surface area contributed by atoms with E-state index in [0.717, 1.165) is 15.6 Å². The Hall–Kier alpha value is -1.36. The molecule has 1 atom stereocenters. The fraction of sp³-hybridized carbons (Fsp3) is 0.273. The summed E-state index contributed by atoms with van der Waals surface area (Å²) < 4.78 is 0.896. The lowest BCUT2D eigenvalue weighted by molar-refractivity contribution is -0.137. The van der Waals surface area contributed by atoms with E-state index in [0.29, 0.717) is 6.41 Å². The highest BCUT2D eigenvalue weighted by Crippen LogP contribution is 2.23. The van der Waals surface area contributed by atoms with Crippen LogP contribution in [0.1, 0.15) is 23.6 Å². The molecule has 0 aromatic heterocycles. The first-order valence-electron chi connectivity index (χ1n) is 4.72. The zero-order valence-corrected chi connectivity index (χ0v) is 10.3. The summed E-state index contributed by atoms with van der Waals surface area (Å²) in [6.07, 6.45) is 0.385. The second-order valence-corrected chi connectivity index (χ2v) is 4.30. The SMILES string of the molecule is Cc1ccc(C(CC(=O)O)NC=O)cc1Br. The maximum atomic E-state index is 10.6. The standard InChI is InChI=1S/C11H12BrNO3/c1-7-2-3-8(4-9(7)12)10(13-6-14)5-11(15)16/h2-4,6,10H,5H2,1H3,(H,13,14)(H,15,16). The molecule has 16 heavy (non-hydrogen) atoms. The van der Waals surface area contributed by atoms with E-state index in [4.69, 9.17) is 5.11 Å². The van der Waals surface area contributed by atoms with Crippen molar-refractivity contribution in [2.45, 2.75) is 19.4 Å². The van der Waals surface area contributed by atoms with Gasteiger partial charge in [-0.15, -0.1) is 0 Å². The number of carboxylic acid groups (broad SMARTS) is 1. The second kappa shape index (κ2) is 5.65. The van der Waals surface area contributed by atoms with E-state index in [1.54, 1.807) is 0 Å².